The molecule has 0 aliphatic carbocycles. The van der Waals surface area contributed by atoms with Crippen molar-refractivity contribution in [3.05, 3.63) is 28.8 Å². The summed E-state index contributed by atoms with van der Waals surface area (Å²) >= 11 is 5.90. The quantitative estimate of drug-likeness (QED) is 0.900. The van der Waals surface area contributed by atoms with E-state index in [0.717, 1.165) is 19.5 Å². The number of carbonyl (C=O) groups excluding carboxylic acids is 1. The number of carbonyl (C=O) groups is 1. The molecule has 2 unspecified atom stereocenters. The molecule has 2 atom stereocenters. The average Bonchev–Trinajstić information content (AvgIpc) is 2.41. The number of ether oxygens (including phenoxy) is 1. The molecular formula is C14H20Cl2N2O2. The van der Waals surface area contributed by atoms with E-state index in [0.29, 0.717) is 22.3 Å². The van der Waals surface area contributed by atoms with Gasteiger partial charge in [0, 0.05) is 11.1 Å². The van der Waals surface area contributed by atoms with E-state index in [1.54, 1.807) is 18.2 Å². The molecule has 0 bridgehead atoms. The molecule has 0 spiro atoms. The van der Waals surface area contributed by atoms with E-state index in [1.165, 1.54) is 7.11 Å². The molecular weight excluding hydrogens is 299 g/mol. The van der Waals surface area contributed by atoms with Gasteiger partial charge in [-0.05, 0) is 43.6 Å². The van der Waals surface area contributed by atoms with Crippen LogP contribution >= 0.6 is 24.0 Å². The Bertz CT molecular complexity index is 468. The molecule has 0 aromatic heterocycles. The fraction of sp³-hybridized carbons (Fsp3) is 0.500. The van der Waals surface area contributed by atoms with Crippen LogP contribution in [0.4, 0.5) is 0 Å². The zero-order valence-electron chi connectivity index (χ0n) is 11.6. The fourth-order valence-electron chi connectivity index (χ4n) is 2.33. The van der Waals surface area contributed by atoms with Gasteiger partial charge in [0.15, 0.2) is 0 Å². The van der Waals surface area contributed by atoms with Crippen molar-refractivity contribution >= 4 is 29.9 Å². The minimum Gasteiger partial charge on any atom is -0.496 e. The normalized spacial score (nSPS) is 21.8. The zero-order valence-corrected chi connectivity index (χ0v) is 13.2. The molecule has 1 heterocycles. The van der Waals surface area contributed by atoms with E-state index < -0.39 is 0 Å². The van der Waals surface area contributed by atoms with Crippen molar-refractivity contribution in [2.24, 2.45) is 5.92 Å². The van der Waals surface area contributed by atoms with Gasteiger partial charge in [-0.2, -0.15) is 0 Å². The predicted molar refractivity (Wildman–Crippen MR) is 83.2 cm³/mol. The lowest BCUT2D eigenvalue weighted by molar-refractivity contribution is 0.0911. The summed E-state index contributed by atoms with van der Waals surface area (Å²) in [7, 11) is 1.54. The second-order valence-electron chi connectivity index (χ2n) is 4.89. The van der Waals surface area contributed by atoms with Crippen molar-refractivity contribution in [1.29, 1.82) is 0 Å². The van der Waals surface area contributed by atoms with Gasteiger partial charge in [0.05, 0.1) is 12.7 Å². The second-order valence-corrected chi connectivity index (χ2v) is 5.33. The Morgan fingerprint density at radius 2 is 2.25 bits per heavy atom. The predicted octanol–water partition coefficient (Wildman–Crippen LogP) is 2.50. The summed E-state index contributed by atoms with van der Waals surface area (Å²) in [5.74, 6) is 0.829. The molecule has 112 valence electrons. The average molecular weight is 319 g/mol. The summed E-state index contributed by atoms with van der Waals surface area (Å²) in [5.41, 5.74) is 0.526. The Hall–Kier alpha value is -0.970. The Morgan fingerprint density at radius 3 is 2.90 bits per heavy atom. The van der Waals surface area contributed by atoms with E-state index in [4.69, 9.17) is 16.3 Å². The third-order valence-corrected chi connectivity index (χ3v) is 3.75. The molecule has 2 rings (SSSR count). The summed E-state index contributed by atoms with van der Waals surface area (Å²) in [6.07, 6.45) is 0.947. The second kappa shape index (κ2) is 7.72. The SMILES string of the molecule is COc1cc(Cl)ccc1C(=O)NC1CCNCC1C.Cl. The van der Waals surface area contributed by atoms with E-state index in [-0.39, 0.29) is 24.4 Å². The largest absolute Gasteiger partial charge is 0.496 e. The van der Waals surface area contributed by atoms with Gasteiger partial charge in [-0.15, -0.1) is 12.4 Å². The van der Waals surface area contributed by atoms with Crippen molar-refractivity contribution in [3.8, 4) is 5.75 Å². The van der Waals surface area contributed by atoms with Crippen LogP contribution in [0.15, 0.2) is 18.2 Å². The maximum absolute atomic E-state index is 12.3. The van der Waals surface area contributed by atoms with Crippen molar-refractivity contribution in [2.75, 3.05) is 20.2 Å². The van der Waals surface area contributed by atoms with E-state index in [1.807, 2.05) is 0 Å². The smallest absolute Gasteiger partial charge is 0.255 e. The van der Waals surface area contributed by atoms with Crippen LogP contribution in [0.3, 0.4) is 0 Å². The molecule has 1 aromatic carbocycles. The number of hydrogen-bond acceptors (Lipinski definition) is 3. The van der Waals surface area contributed by atoms with Crippen LogP contribution in [-0.4, -0.2) is 32.1 Å². The molecule has 1 fully saturated rings. The number of benzene rings is 1. The van der Waals surface area contributed by atoms with Crippen LogP contribution in [0.25, 0.3) is 0 Å². The van der Waals surface area contributed by atoms with Gasteiger partial charge < -0.3 is 15.4 Å². The van der Waals surface area contributed by atoms with Gasteiger partial charge in [-0.3, -0.25) is 4.79 Å². The lowest BCUT2D eigenvalue weighted by atomic mass is 9.95. The van der Waals surface area contributed by atoms with Crippen molar-refractivity contribution < 1.29 is 9.53 Å². The number of halogens is 2. The topological polar surface area (TPSA) is 50.4 Å². The number of methoxy groups -OCH3 is 1. The molecule has 1 saturated heterocycles. The summed E-state index contributed by atoms with van der Waals surface area (Å²) in [6, 6.07) is 5.25. The molecule has 20 heavy (non-hydrogen) atoms. The minimum atomic E-state index is -0.104. The maximum Gasteiger partial charge on any atom is 0.255 e. The molecule has 6 heteroatoms. The van der Waals surface area contributed by atoms with Crippen LogP contribution in [0.1, 0.15) is 23.7 Å². The molecule has 1 amide bonds. The lowest BCUT2D eigenvalue weighted by Crippen LogP contribution is -2.48. The molecule has 1 aliphatic rings. The summed E-state index contributed by atoms with van der Waals surface area (Å²) < 4.78 is 5.21. The van der Waals surface area contributed by atoms with Gasteiger partial charge in [-0.25, -0.2) is 0 Å². The van der Waals surface area contributed by atoms with E-state index >= 15 is 0 Å². The highest BCUT2D eigenvalue weighted by molar-refractivity contribution is 6.30. The highest BCUT2D eigenvalue weighted by Gasteiger charge is 2.24. The molecule has 1 aromatic rings. The third kappa shape index (κ3) is 4.01. The molecule has 4 nitrogen and oxygen atoms in total. The fourth-order valence-corrected chi connectivity index (χ4v) is 2.49. The molecule has 0 saturated carbocycles. The van der Waals surface area contributed by atoms with Crippen molar-refractivity contribution in [1.82, 2.24) is 10.6 Å². The van der Waals surface area contributed by atoms with E-state index in [9.17, 15) is 4.79 Å². The third-order valence-electron chi connectivity index (χ3n) is 3.51. The highest BCUT2D eigenvalue weighted by atomic mass is 35.5. The molecule has 2 N–H and O–H groups in total. The van der Waals surface area contributed by atoms with E-state index in [2.05, 4.69) is 17.6 Å². The summed E-state index contributed by atoms with van der Waals surface area (Å²) in [4.78, 5) is 12.3. The van der Waals surface area contributed by atoms with Crippen LogP contribution in [0.2, 0.25) is 5.02 Å². The number of amides is 1. The van der Waals surface area contributed by atoms with Gasteiger partial charge >= 0.3 is 0 Å². The lowest BCUT2D eigenvalue weighted by Gasteiger charge is -2.30. The number of piperidine rings is 1. The van der Waals surface area contributed by atoms with Crippen LogP contribution < -0.4 is 15.4 Å². The summed E-state index contributed by atoms with van der Waals surface area (Å²) in [5, 5.41) is 6.95. The van der Waals surface area contributed by atoms with Crippen molar-refractivity contribution in [3.63, 3.8) is 0 Å². The van der Waals surface area contributed by atoms with Crippen LogP contribution in [0, 0.1) is 5.92 Å². The minimum absolute atomic E-state index is 0. The highest BCUT2D eigenvalue weighted by Crippen LogP contribution is 2.23. The molecule has 1 aliphatic heterocycles. The first-order valence-electron chi connectivity index (χ1n) is 6.47. The first kappa shape index (κ1) is 17.1. The maximum atomic E-state index is 12.3. The van der Waals surface area contributed by atoms with Gasteiger partial charge in [-0.1, -0.05) is 18.5 Å². The van der Waals surface area contributed by atoms with Gasteiger partial charge in [0.25, 0.3) is 5.91 Å². The number of nitrogens with one attached hydrogen (secondary N) is 2. The summed E-state index contributed by atoms with van der Waals surface area (Å²) in [6.45, 7) is 4.01. The number of hydrogen-bond donors (Lipinski definition) is 2. The zero-order chi connectivity index (χ0) is 13.8. The monoisotopic (exact) mass is 318 g/mol. The van der Waals surface area contributed by atoms with Gasteiger partial charge in [0.2, 0.25) is 0 Å². The standard InChI is InChI=1S/C14H19ClN2O2.ClH/c1-9-8-16-6-5-12(9)17-14(18)11-4-3-10(15)7-13(11)19-2;/h3-4,7,9,12,16H,5-6,8H2,1-2H3,(H,17,18);1H. The van der Waals surface area contributed by atoms with Gasteiger partial charge in [0.1, 0.15) is 5.75 Å². The molecule has 0 radical (unpaired) electrons. The first-order valence-corrected chi connectivity index (χ1v) is 6.84. The van der Waals surface area contributed by atoms with Crippen LogP contribution in [-0.2, 0) is 0 Å². The Morgan fingerprint density at radius 1 is 1.50 bits per heavy atom. The Kier molecular flexibility index (Phi) is 6.59. The van der Waals surface area contributed by atoms with Crippen LogP contribution in [0.5, 0.6) is 5.75 Å². The number of rotatable bonds is 3. The Labute approximate surface area is 130 Å². The first-order chi connectivity index (χ1) is 9.11. The van der Waals surface area contributed by atoms with Crippen molar-refractivity contribution in [2.45, 2.75) is 19.4 Å². The Balaban J connectivity index is 0.00000200.